The standard InChI is InChI=1S/C17H10Cl2F3N3OS2/c18-11-4-5-12(13(19)7-11)14(26)23-15-24-25-16(28-15)27-8-9-2-1-3-10(6-9)17(20,21)22/h1-7H,8H2,(H,23,24,26). The number of rotatable bonds is 5. The van der Waals surface area contributed by atoms with Crippen molar-refractivity contribution in [1.29, 1.82) is 0 Å². The summed E-state index contributed by atoms with van der Waals surface area (Å²) in [4.78, 5) is 12.3. The molecule has 1 N–H and O–H groups in total. The largest absolute Gasteiger partial charge is 0.416 e. The Balaban J connectivity index is 1.62. The predicted molar refractivity (Wildman–Crippen MR) is 105 cm³/mol. The number of benzene rings is 2. The molecule has 1 amide bonds. The van der Waals surface area contributed by atoms with Gasteiger partial charge < -0.3 is 0 Å². The summed E-state index contributed by atoms with van der Waals surface area (Å²) in [6, 6.07) is 9.57. The topological polar surface area (TPSA) is 54.9 Å². The van der Waals surface area contributed by atoms with E-state index in [1.165, 1.54) is 30.0 Å². The van der Waals surface area contributed by atoms with Crippen molar-refractivity contribution >= 4 is 57.3 Å². The third kappa shape index (κ3) is 5.38. The molecule has 11 heteroatoms. The number of amides is 1. The summed E-state index contributed by atoms with van der Waals surface area (Å²) in [6.07, 6.45) is -4.39. The summed E-state index contributed by atoms with van der Waals surface area (Å²) >= 11 is 14.1. The Hall–Kier alpha value is -1.81. The lowest BCUT2D eigenvalue weighted by atomic mass is 10.1. The van der Waals surface area contributed by atoms with Gasteiger partial charge in [0.15, 0.2) is 4.34 Å². The molecule has 2 aromatic carbocycles. The fourth-order valence-corrected chi connectivity index (χ4v) is 4.32. The minimum absolute atomic E-state index is 0.202. The van der Waals surface area contributed by atoms with Crippen LogP contribution in [0.25, 0.3) is 0 Å². The van der Waals surface area contributed by atoms with Crippen LogP contribution in [0.5, 0.6) is 0 Å². The third-order valence-electron chi connectivity index (χ3n) is 3.42. The highest BCUT2D eigenvalue weighted by molar-refractivity contribution is 8.00. The lowest BCUT2D eigenvalue weighted by Crippen LogP contribution is -2.12. The highest BCUT2D eigenvalue weighted by Crippen LogP contribution is 2.32. The van der Waals surface area contributed by atoms with Crippen molar-refractivity contribution in [3.63, 3.8) is 0 Å². The maximum atomic E-state index is 12.8. The van der Waals surface area contributed by atoms with Crippen LogP contribution in [0, 0.1) is 0 Å². The van der Waals surface area contributed by atoms with Crippen molar-refractivity contribution in [2.45, 2.75) is 16.3 Å². The summed E-state index contributed by atoms with van der Waals surface area (Å²) in [7, 11) is 0. The molecular weight excluding hydrogens is 454 g/mol. The number of thioether (sulfide) groups is 1. The van der Waals surface area contributed by atoms with Crippen LogP contribution < -0.4 is 5.32 Å². The van der Waals surface area contributed by atoms with Gasteiger partial charge in [-0.3, -0.25) is 10.1 Å². The normalized spacial score (nSPS) is 11.5. The minimum atomic E-state index is -4.39. The number of halogens is 5. The molecule has 0 unspecified atom stereocenters. The SMILES string of the molecule is O=C(Nc1nnc(SCc2cccc(C(F)(F)F)c2)s1)c1ccc(Cl)cc1Cl. The molecule has 0 spiro atoms. The van der Waals surface area contributed by atoms with Crippen LogP contribution in [0.2, 0.25) is 10.0 Å². The second-order valence-electron chi connectivity index (χ2n) is 5.44. The molecule has 0 aliphatic carbocycles. The van der Waals surface area contributed by atoms with Gasteiger partial charge in [-0.25, -0.2) is 0 Å². The van der Waals surface area contributed by atoms with Crippen LogP contribution in [-0.2, 0) is 11.9 Å². The van der Waals surface area contributed by atoms with Gasteiger partial charge in [0.05, 0.1) is 16.1 Å². The zero-order valence-corrected chi connectivity index (χ0v) is 16.9. The quantitative estimate of drug-likeness (QED) is 0.350. The predicted octanol–water partition coefficient (Wildman–Crippen LogP) is 6.41. The van der Waals surface area contributed by atoms with Crippen LogP contribution in [-0.4, -0.2) is 16.1 Å². The Kier molecular flexibility index (Phi) is 6.49. The minimum Gasteiger partial charge on any atom is -0.296 e. The van der Waals surface area contributed by atoms with E-state index in [9.17, 15) is 18.0 Å². The zero-order valence-electron chi connectivity index (χ0n) is 13.8. The molecule has 0 fully saturated rings. The fourth-order valence-electron chi connectivity index (χ4n) is 2.14. The van der Waals surface area contributed by atoms with Gasteiger partial charge in [0.2, 0.25) is 5.13 Å². The van der Waals surface area contributed by atoms with E-state index in [1.807, 2.05) is 0 Å². The van der Waals surface area contributed by atoms with Gasteiger partial charge in [-0.1, -0.05) is 64.5 Å². The number of carbonyl (C=O) groups excluding carboxylic acids is 1. The van der Waals surface area contributed by atoms with Crippen molar-refractivity contribution in [2.75, 3.05) is 5.32 Å². The first-order chi connectivity index (χ1) is 13.2. The van der Waals surface area contributed by atoms with Crippen LogP contribution in [0.4, 0.5) is 18.3 Å². The monoisotopic (exact) mass is 463 g/mol. The highest BCUT2D eigenvalue weighted by Gasteiger charge is 2.30. The number of aromatic nitrogens is 2. The number of hydrogen-bond donors (Lipinski definition) is 1. The molecular formula is C17H10Cl2F3N3OS2. The van der Waals surface area contributed by atoms with Crippen molar-refractivity contribution in [3.05, 3.63) is 69.2 Å². The Morgan fingerprint density at radius 3 is 2.64 bits per heavy atom. The van der Waals surface area contributed by atoms with Crippen LogP contribution in [0.1, 0.15) is 21.5 Å². The van der Waals surface area contributed by atoms with E-state index < -0.39 is 17.6 Å². The van der Waals surface area contributed by atoms with Crippen molar-refractivity contribution in [2.24, 2.45) is 0 Å². The number of nitrogens with one attached hydrogen (secondary N) is 1. The first-order valence-corrected chi connectivity index (χ1v) is 10.2. The molecule has 0 aliphatic rings. The van der Waals surface area contributed by atoms with E-state index >= 15 is 0 Å². The average Bonchev–Trinajstić information content (AvgIpc) is 3.06. The van der Waals surface area contributed by atoms with E-state index in [-0.39, 0.29) is 21.5 Å². The molecule has 28 heavy (non-hydrogen) atoms. The molecule has 4 nitrogen and oxygen atoms in total. The Bertz CT molecular complexity index is 1010. The van der Waals surface area contributed by atoms with Gasteiger partial charge in [0, 0.05) is 10.8 Å². The van der Waals surface area contributed by atoms with Gasteiger partial charge in [0.25, 0.3) is 5.91 Å². The smallest absolute Gasteiger partial charge is 0.296 e. The fraction of sp³-hybridized carbons (Fsp3) is 0.118. The first-order valence-electron chi connectivity index (χ1n) is 7.61. The molecule has 0 radical (unpaired) electrons. The number of nitrogens with zero attached hydrogens (tertiary/aromatic N) is 2. The number of anilines is 1. The van der Waals surface area contributed by atoms with E-state index in [2.05, 4.69) is 15.5 Å². The molecule has 0 aliphatic heterocycles. The van der Waals surface area contributed by atoms with E-state index in [4.69, 9.17) is 23.2 Å². The summed E-state index contributed by atoms with van der Waals surface area (Å²) in [5, 5.41) is 11.2. The van der Waals surface area contributed by atoms with Gasteiger partial charge >= 0.3 is 6.18 Å². The molecule has 1 aromatic heterocycles. The van der Waals surface area contributed by atoms with Crippen molar-refractivity contribution in [3.8, 4) is 0 Å². The van der Waals surface area contributed by atoms with Crippen LogP contribution in [0.15, 0.2) is 46.8 Å². The zero-order chi connectivity index (χ0) is 20.3. The lowest BCUT2D eigenvalue weighted by molar-refractivity contribution is -0.137. The molecule has 3 aromatic rings. The summed E-state index contributed by atoms with van der Waals surface area (Å²) in [5.74, 6) is -0.178. The Morgan fingerprint density at radius 1 is 1.14 bits per heavy atom. The molecule has 3 rings (SSSR count). The average molecular weight is 464 g/mol. The van der Waals surface area contributed by atoms with Gasteiger partial charge in [-0.2, -0.15) is 13.2 Å². The molecule has 0 saturated heterocycles. The number of hydrogen-bond acceptors (Lipinski definition) is 5. The second-order valence-corrected chi connectivity index (χ2v) is 8.48. The highest BCUT2D eigenvalue weighted by atomic mass is 35.5. The van der Waals surface area contributed by atoms with Crippen LogP contribution >= 0.6 is 46.3 Å². The summed E-state index contributed by atoms with van der Waals surface area (Å²) < 4.78 is 38.8. The molecule has 0 saturated carbocycles. The Labute approximate surface area is 176 Å². The van der Waals surface area contributed by atoms with Gasteiger partial charge in [0.1, 0.15) is 0 Å². The van der Waals surface area contributed by atoms with Crippen molar-refractivity contribution < 1.29 is 18.0 Å². The van der Waals surface area contributed by atoms with Gasteiger partial charge in [-0.15, -0.1) is 10.2 Å². The van der Waals surface area contributed by atoms with E-state index in [1.54, 1.807) is 12.1 Å². The van der Waals surface area contributed by atoms with E-state index in [0.717, 1.165) is 23.5 Å². The Morgan fingerprint density at radius 2 is 1.93 bits per heavy atom. The van der Waals surface area contributed by atoms with E-state index in [0.29, 0.717) is 14.9 Å². The van der Waals surface area contributed by atoms with Crippen LogP contribution in [0.3, 0.4) is 0 Å². The molecule has 0 bridgehead atoms. The number of alkyl halides is 3. The molecule has 0 atom stereocenters. The summed E-state index contributed by atoms with van der Waals surface area (Å²) in [5.41, 5.74) is 0.0450. The van der Waals surface area contributed by atoms with Gasteiger partial charge in [-0.05, 0) is 29.8 Å². The van der Waals surface area contributed by atoms with Crippen molar-refractivity contribution in [1.82, 2.24) is 10.2 Å². The maximum absolute atomic E-state index is 12.8. The number of carbonyl (C=O) groups is 1. The summed E-state index contributed by atoms with van der Waals surface area (Å²) in [6.45, 7) is 0. The third-order valence-corrected chi connectivity index (χ3v) is 6.01. The first kappa shape index (κ1) is 20.9. The maximum Gasteiger partial charge on any atom is 0.416 e. The lowest BCUT2D eigenvalue weighted by Gasteiger charge is -2.07. The molecule has 1 heterocycles. The molecule has 146 valence electrons. The second kappa shape index (κ2) is 8.69.